The first-order chi connectivity index (χ1) is 28.6. The van der Waals surface area contributed by atoms with E-state index in [2.05, 4.69) is 0 Å². The van der Waals surface area contributed by atoms with E-state index < -0.39 is 12.1 Å². The number of nitrogens with zero attached hydrogens (tertiary/aromatic N) is 1. The molecule has 0 spiro atoms. The first-order valence-corrected chi connectivity index (χ1v) is 16.9. The summed E-state index contributed by atoms with van der Waals surface area (Å²) >= 11 is 0. The SMILES string of the molecule is [2H]c1c([2H])c(N(c2cccc(-c3cccc4ccccc34)c2)c2c([2H])c([2H])c(-c3cccc4ccccc34)c([2H])c2[2H])c([2H])c([2H])c1-c1ccc(-c2ccccc2)cc1. The minimum absolute atomic E-state index is 0.110. The van der Waals surface area contributed by atoms with Gasteiger partial charge in [0.2, 0.25) is 0 Å². The van der Waals surface area contributed by atoms with Crippen molar-refractivity contribution in [2.45, 2.75) is 0 Å². The van der Waals surface area contributed by atoms with Gasteiger partial charge < -0.3 is 4.90 Å². The lowest BCUT2D eigenvalue weighted by Crippen LogP contribution is -2.10. The van der Waals surface area contributed by atoms with Gasteiger partial charge in [-0.05, 0) is 102 Å². The van der Waals surface area contributed by atoms with Crippen LogP contribution < -0.4 is 4.90 Å². The van der Waals surface area contributed by atoms with Crippen molar-refractivity contribution < 1.29 is 11.0 Å². The molecule has 51 heavy (non-hydrogen) atoms. The average molecular weight is 658 g/mol. The topological polar surface area (TPSA) is 3.24 Å². The quantitative estimate of drug-likeness (QED) is 0.165. The molecule has 0 N–H and O–H groups in total. The van der Waals surface area contributed by atoms with Crippen LogP contribution in [0.3, 0.4) is 0 Å². The van der Waals surface area contributed by atoms with Crippen LogP contribution in [0.25, 0.3) is 66.1 Å². The van der Waals surface area contributed by atoms with Gasteiger partial charge in [0.05, 0.1) is 11.0 Å². The normalized spacial score (nSPS) is 13.3. The Hall–Kier alpha value is -6.70. The third kappa shape index (κ3) is 5.96. The van der Waals surface area contributed by atoms with Crippen molar-refractivity contribution in [3.63, 3.8) is 0 Å². The van der Waals surface area contributed by atoms with E-state index in [9.17, 15) is 11.0 Å². The molecule has 0 bridgehead atoms. The molecule has 0 fully saturated rings. The summed E-state index contributed by atoms with van der Waals surface area (Å²) in [6.07, 6.45) is 0. The standard InChI is InChI=1S/C50H35N/c1-2-11-36(12-3-1)37-23-25-38(26-24-37)39-27-31-44(32-28-39)51(45-33-29-42(30-34-45)49-21-9-15-40-13-4-6-19-47(40)49)46-18-8-17-43(35-46)50-22-10-16-41-14-5-7-20-48(41)50/h1-35H/i27D,28D,29D,30D,31D,32D,33D,34D. The minimum Gasteiger partial charge on any atom is -0.310 e. The number of hydrogen-bond donors (Lipinski definition) is 0. The third-order valence-corrected chi connectivity index (χ3v) is 9.22. The number of anilines is 3. The molecule has 0 radical (unpaired) electrons. The predicted molar refractivity (Wildman–Crippen MR) is 218 cm³/mol. The second kappa shape index (κ2) is 13.3. The molecular formula is C50H35N. The van der Waals surface area contributed by atoms with E-state index in [0.717, 1.165) is 43.8 Å². The molecule has 0 unspecified atom stereocenters. The van der Waals surface area contributed by atoms with Gasteiger partial charge in [-0.1, -0.05) is 176 Å². The molecule has 9 aromatic carbocycles. The summed E-state index contributed by atoms with van der Waals surface area (Å²) < 4.78 is 75.6. The zero-order valence-corrected chi connectivity index (χ0v) is 27.5. The number of hydrogen-bond acceptors (Lipinski definition) is 1. The Kier molecular flexibility index (Phi) is 5.96. The smallest absolute Gasteiger partial charge is 0.0645 e. The van der Waals surface area contributed by atoms with Crippen LogP contribution in [0, 0.1) is 0 Å². The van der Waals surface area contributed by atoms with E-state index in [1.165, 1.54) is 4.90 Å². The van der Waals surface area contributed by atoms with E-state index in [4.69, 9.17) is 0 Å². The number of fused-ring (bicyclic) bond motifs is 2. The average Bonchev–Trinajstić information content (AvgIpc) is 3.28. The Bertz CT molecular complexity index is 3020. The van der Waals surface area contributed by atoms with Crippen LogP contribution >= 0.6 is 0 Å². The van der Waals surface area contributed by atoms with E-state index in [0.29, 0.717) is 16.8 Å². The highest BCUT2D eigenvalue weighted by Gasteiger charge is 2.15. The monoisotopic (exact) mass is 657 g/mol. The van der Waals surface area contributed by atoms with Gasteiger partial charge in [0, 0.05) is 17.1 Å². The molecular weight excluding hydrogens is 615 g/mol. The van der Waals surface area contributed by atoms with E-state index >= 15 is 0 Å². The first-order valence-electron chi connectivity index (χ1n) is 20.9. The van der Waals surface area contributed by atoms with Gasteiger partial charge in [-0.25, -0.2) is 0 Å². The molecule has 240 valence electrons. The fourth-order valence-electron chi connectivity index (χ4n) is 6.68. The van der Waals surface area contributed by atoms with Gasteiger partial charge in [0.25, 0.3) is 0 Å². The van der Waals surface area contributed by atoms with Gasteiger partial charge in [-0.3, -0.25) is 0 Å². The summed E-state index contributed by atoms with van der Waals surface area (Å²) in [5, 5.41) is 3.68. The van der Waals surface area contributed by atoms with Crippen LogP contribution in [0.15, 0.2) is 212 Å². The lowest BCUT2D eigenvalue weighted by Gasteiger charge is -2.26. The van der Waals surface area contributed by atoms with Crippen LogP contribution in [-0.4, -0.2) is 0 Å². The summed E-state index contributed by atoms with van der Waals surface area (Å²) in [5.41, 5.74) is 4.85. The molecule has 0 saturated carbocycles. The van der Waals surface area contributed by atoms with Crippen molar-refractivity contribution in [3.8, 4) is 44.5 Å². The van der Waals surface area contributed by atoms with Crippen LogP contribution in [-0.2, 0) is 0 Å². The molecule has 0 atom stereocenters. The highest BCUT2D eigenvalue weighted by molar-refractivity contribution is 5.98. The van der Waals surface area contributed by atoms with Crippen molar-refractivity contribution in [2.75, 3.05) is 4.90 Å². The summed E-state index contributed by atoms with van der Waals surface area (Å²) in [7, 11) is 0. The Morgan fingerprint density at radius 3 is 1.33 bits per heavy atom. The van der Waals surface area contributed by atoms with Gasteiger partial charge in [-0.15, -0.1) is 0 Å². The number of benzene rings is 9. The Morgan fingerprint density at radius 1 is 0.294 bits per heavy atom. The molecule has 0 amide bonds. The number of rotatable bonds is 7. The molecule has 1 nitrogen and oxygen atoms in total. The van der Waals surface area contributed by atoms with Crippen LogP contribution in [0.2, 0.25) is 0 Å². The molecule has 9 aromatic rings. The summed E-state index contributed by atoms with van der Waals surface area (Å²) in [5.74, 6) is 0. The van der Waals surface area contributed by atoms with Gasteiger partial charge in [-0.2, -0.15) is 0 Å². The maximum Gasteiger partial charge on any atom is 0.0645 e. The molecule has 0 saturated heterocycles. The van der Waals surface area contributed by atoms with E-state index in [1.807, 2.05) is 133 Å². The lowest BCUT2D eigenvalue weighted by atomic mass is 9.97. The van der Waals surface area contributed by atoms with Gasteiger partial charge >= 0.3 is 0 Å². The molecule has 0 heterocycles. The fourth-order valence-corrected chi connectivity index (χ4v) is 6.68. The van der Waals surface area contributed by atoms with Gasteiger partial charge in [0.1, 0.15) is 0 Å². The van der Waals surface area contributed by atoms with Crippen molar-refractivity contribution in [1.82, 2.24) is 0 Å². The summed E-state index contributed by atoms with van der Waals surface area (Å²) in [4.78, 5) is 1.37. The summed E-state index contributed by atoms with van der Waals surface area (Å²) in [6.45, 7) is 0. The Labute approximate surface area is 310 Å². The van der Waals surface area contributed by atoms with Crippen LogP contribution in [0.5, 0.6) is 0 Å². The molecule has 0 aliphatic carbocycles. The van der Waals surface area contributed by atoms with Crippen molar-refractivity contribution in [2.24, 2.45) is 0 Å². The molecule has 0 aliphatic heterocycles. The van der Waals surface area contributed by atoms with Crippen LogP contribution in [0.4, 0.5) is 17.1 Å². The maximum atomic E-state index is 9.55. The fraction of sp³-hybridized carbons (Fsp3) is 0. The third-order valence-electron chi connectivity index (χ3n) is 9.22. The highest BCUT2D eigenvalue weighted by atomic mass is 15.1. The first kappa shape index (κ1) is 22.8. The molecule has 0 aliphatic rings. The minimum atomic E-state index is -0.390. The zero-order chi connectivity index (χ0) is 40.9. The lowest BCUT2D eigenvalue weighted by molar-refractivity contribution is 1.28. The van der Waals surface area contributed by atoms with Crippen molar-refractivity contribution >= 4 is 38.6 Å². The summed E-state index contributed by atoms with van der Waals surface area (Å²) in [6, 6.07) is 48.8. The largest absolute Gasteiger partial charge is 0.310 e. The maximum absolute atomic E-state index is 9.55. The van der Waals surface area contributed by atoms with E-state index in [-0.39, 0.29) is 58.8 Å². The molecule has 0 aromatic heterocycles. The van der Waals surface area contributed by atoms with Crippen molar-refractivity contribution in [3.05, 3.63) is 212 Å². The molecule has 1 heteroatoms. The second-order valence-electron chi connectivity index (χ2n) is 12.3. The van der Waals surface area contributed by atoms with Gasteiger partial charge in [0.15, 0.2) is 0 Å². The molecule has 9 rings (SSSR count). The Morgan fingerprint density at radius 2 is 0.725 bits per heavy atom. The van der Waals surface area contributed by atoms with Crippen molar-refractivity contribution in [1.29, 1.82) is 0 Å². The Balaban J connectivity index is 1.28. The second-order valence-corrected chi connectivity index (χ2v) is 12.3. The predicted octanol–water partition coefficient (Wildman–Crippen LogP) is 14.1. The zero-order valence-electron chi connectivity index (χ0n) is 35.5. The highest BCUT2D eigenvalue weighted by Crippen LogP contribution is 2.40. The van der Waals surface area contributed by atoms with Crippen LogP contribution in [0.1, 0.15) is 11.0 Å². The van der Waals surface area contributed by atoms with E-state index in [1.54, 1.807) is 30.3 Å².